The van der Waals surface area contributed by atoms with Gasteiger partial charge in [0.05, 0.1) is 17.1 Å². The van der Waals surface area contributed by atoms with E-state index in [9.17, 15) is 9.18 Å². The molecule has 5 heteroatoms. The summed E-state index contributed by atoms with van der Waals surface area (Å²) in [5.74, 6) is 0.259. The Bertz CT molecular complexity index is 886. The molecule has 1 N–H and O–H groups in total. The molecule has 0 aliphatic rings. The van der Waals surface area contributed by atoms with Gasteiger partial charge in [0.25, 0.3) is 5.91 Å². The number of aromatic nitrogens is 2. The number of aryl methyl sites for hydroxylation is 1. The minimum atomic E-state index is -0.354. The van der Waals surface area contributed by atoms with Crippen molar-refractivity contribution in [3.63, 3.8) is 0 Å². The van der Waals surface area contributed by atoms with Crippen molar-refractivity contribution >= 4 is 16.9 Å². The number of hydrogen-bond acceptors (Lipinski definition) is 2. The average Bonchev–Trinajstić information content (AvgIpc) is 3.01. The molecule has 3 rings (SSSR count). The average molecular weight is 353 g/mol. The van der Waals surface area contributed by atoms with Crippen LogP contribution in [0.5, 0.6) is 0 Å². The van der Waals surface area contributed by atoms with E-state index in [0.717, 1.165) is 42.7 Å². The fourth-order valence-electron chi connectivity index (χ4n) is 3.13. The quantitative estimate of drug-likeness (QED) is 0.617. The van der Waals surface area contributed by atoms with E-state index in [0.29, 0.717) is 5.56 Å². The number of carbonyl (C=O) groups excluding carboxylic acids is 1. The number of benzene rings is 2. The molecule has 26 heavy (non-hydrogen) atoms. The van der Waals surface area contributed by atoms with Crippen LogP contribution in [0.25, 0.3) is 11.0 Å². The normalized spacial score (nSPS) is 12.3. The van der Waals surface area contributed by atoms with E-state index < -0.39 is 0 Å². The molecule has 0 radical (unpaired) electrons. The smallest absolute Gasteiger partial charge is 0.251 e. The van der Waals surface area contributed by atoms with Gasteiger partial charge in [0.15, 0.2) is 0 Å². The molecule has 1 amide bonds. The largest absolute Gasteiger partial charge is 0.342 e. The molecule has 4 nitrogen and oxygen atoms in total. The van der Waals surface area contributed by atoms with Crippen molar-refractivity contribution in [3.05, 3.63) is 65.7 Å². The Morgan fingerprint density at radius 3 is 2.62 bits per heavy atom. The Morgan fingerprint density at radius 2 is 1.88 bits per heavy atom. The third kappa shape index (κ3) is 3.93. The summed E-state index contributed by atoms with van der Waals surface area (Å²) in [5.41, 5.74) is 2.45. The predicted molar refractivity (Wildman–Crippen MR) is 102 cm³/mol. The second-order valence-electron chi connectivity index (χ2n) is 6.52. The van der Waals surface area contributed by atoms with Crippen LogP contribution in [-0.2, 0) is 6.54 Å². The molecule has 3 aromatic rings. The van der Waals surface area contributed by atoms with Crippen molar-refractivity contribution in [2.24, 2.45) is 0 Å². The monoisotopic (exact) mass is 353 g/mol. The van der Waals surface area contributed by atoms with E-state index in [-0.39, 0.29) is 17.8 Å². The Morgan fingerprint density at radius 1 is 1.15 bits per heavy atom. The highest BCUT2D eigenvalue weighted by Gasteiger charge is 2.18. The van der Waals surface area contributed by atoms with Gasteiger partial charge in [0, 0.05) is 12.1 Å². The highest BCUT2D eigenvalue weighted by atomic mass is 19.1. The number of para-hydroxylation sites is 2. The lowest BCUT2D eigenvalue weighted by atomic mass is 10.2. The lowest BCUT2D eigenvalue weighted by Crippen LogP contribution is -2.28. The van der Waals surface area contributed by atoms with Gasteiger partial charge in [-0.25, -0.2) is 9.37 Å². The molecule has 0 aliphatic heterocycles. The number of unbranched alkanes of at least 4 members (excludes halogenated alkanes) is 2. The number of nitrogens with zero attached hydrogens (tertiary/aromatic N) is 2. The second-order valence-corrected chi connectivity index (χ2v) is 6.52. The number of imidazole rings is 1. The molecule has 0 bridgehead atoms. The summed E-state index contributed by atoms with van der Waals surface area (Å²) < 4.78 is 15.2. The molecule has 0 unspecified atom stereocenters. The van der Waals surface area contributed by atoms with Gasteiger partial charge in [-0.2, -0.15) is 0 Å². The van der Waals surface area contributed by atoms with Gasteiger partial charge in [0.1, 0.15) is 11.6 Å². The minimum absolute atomic E-state index is 0.232. The molecular formula is C21H24FN3O. The molecule has 0 saturated carbocycles. The lowest BCUT2D eigenvalue weighted by molar-refractivity contribution is 0.0937. The number of amides is 1. The molecular weight excluding hydrogens is 329 g/mol. The molecule has 1 atom stereocenters. The Kier molecular flexibility index (Phi) is 5.66. The van der Waals surface area contributed by atoms with Crippen molar-refractivity contribution in [3.8, 4) is 0 Å². The molecule has 1 heterocycles. The van der Waals surface area contributed by atoms with Crippen LogP contribution in [0.2, 0.25) is 0 Å². The molecule has 2 aromatic carbocycles. The van der Waals surface area contributed by atoms with Crippen molar-refractivity contribution in [1.82, 2.24) is 14.9 Å². The first-order valence-electron chi connectivity index (χ1n) is 9.11. The molecule has 0 fully saturated rings. The first kappa shape index (κ1) is 18.1. The van der Waals surface area contributed by atoms with E-state index >= 15 is 0 Å². The van der Waals surface area contributed by atoms with Gasteiger partial charge in [-0.05, 0) is 49.7 Å². The molecule has 1 aromatic heterocycles. The first-order valence-corrected chi connectivity index (χ1v) is 9.11. The summed E-state index contributed by atoms with van der Waals surface area (Å²) in [6.07, 6.45) is 3.38. The Hall–Kier alpha value is -2.69. The van der Waals surface area contributed by atoms with E-state index in [1.807, 2.05) is 25.1 Å². The summed E-state index contributed by atoms with van der Waals surface area (Å²) >= 11 is 0. The fraction of sp³-hybridized carbons (Fsp3) is 0.333. The first-order chi connectivity index (χ1) is 12.6. The van der Waals surface area contributed by atoms with Crippen LogP contribution < -0.4 is 5.32 Å². The van der Waals surface area contributed by atoms with E-state index in [4.69, 9.17) is 4.98 Å². The summed E-state index contributed by atoms with van der Waals surface area (Å²) in [5, 5.41) is 2.98. The zero-order valence-corrected chi connectivity index (χ0v) is 15.2. The van der Waals surface area contributed by atoms with Gasteiger partial charge >= 0.3 is 0 Å². The Balaban J connectivity index is 1.84. The van der Waals surface area contributed by atoms with Crippen LogP contribution in [0.3, 0.4) is 0 Å². The maximum atomic E-state index is 13.1. The second kappa shape index (κ2) is 8.13. The summed E-state index contributed by atoms with van der Waals surface area (Å²) in [7, 11) is 0. The Labute approximate surface area is 153 Å². The summed E-state index contributed by atoms with van der Waals surface area (Å²) in [6.45, 7) is 4.98. The third-order valence-corrected chi connectivity index (χ3v) is 4.51. The standard InChI is InChI=1S/C21H24FN3O/c1-3-4-7-14-25-19-9-6-5-8-18(19)24-20(25)15(2)23-21(26)16-10-12-17(22)13-11-16/h5-6,8-13,15H,3-4,7,14H2,1-2H3,(H,23,26)/t15-/m1/s1. The summed E-state index contributed by atoms with van der Waals surface area (Å²) in [4.78, 5) is 17.2. The van der Waals surface area contributed by atoms with Crippen molar-refractivity contribution in [2.45, 2.75) is 45.7 Å². The zero-order chi connectivity index (χ0) is 18.5. The van der Waals surface area contributed by atoms with E-state index in [2.05, 4.69) is 22.9 Å². The molecule has 0 saturated heterocycles. The number of carbonyl (C=O) groups is 1. The van der Waals surface area contributed by atoms with Crippen molar-refractivity contribution < 1.29 is 9.18 Å². The van der Waals surface area contributed by atoms with Crippen LogP contribution in [0.1, 0.15) is 55.3 Å². The van der Waals surface area contributed by atoms with Crippen LogP contribution in [0.4, 0.5) is 4.39 Å². The number of halogens is 1. The number of nitrogens with one attached hydrogen (secondary N) is 1. The third-order valence-electron chi connectivity index (χ3n) is 4.51. The number of hydrogen-bond donors (Lipinski definition) is 1. The van der Waals surface area contributed by atoms with Crippen LogP contribution in [0.15, 0.2) is 48.5 Å². The molecule has 136 valence electrons. The SMILES string of the molecule is CCCCCn1c([C@@H](C)NC(=O)c2ccc(F)cc2)nc2ccccc21. The van der Waals surface area contributed by atoms with E-state index in [1.54, 1.807) is 0 Å². The molecule has 0 aliphatic carbocycles. The van der Waals surface area contributed by atoms with Crippen molar-refractivity contribution in [2.75, 3.05) is 0 Å². The fourth-order valence-corrected chi connectivity index (χ4v) is 3.13. The van der Waals surface area contributed by atoms with E-state index in [1.165, 1.54) is 24.3 Å². The predicted octanol–water partition coefficient (Wildman–Crippen LogP) is 4.86. The van der Waals surface area contributed by atoms with Crippen LogP contribution in [0, 0.1) is 5.82 Å². The van der Waals surface area contributed by atoms with Gasteiger partial charge in [0.2, 0.25) is 0 Å². The summed E-state index contributed by atoms with van der Waals surface area (Å²) in [6, 6.07) is 13.3. The van der Waals surface area contributed by atoms with Crippen LogP contribution in [-0.4, -0.2) is 15.5 Å². The highest BCUT2D eigenvalue weighted by molar-refractivity contribution is 5.94. The van der Waals surface area contributed by atoms with Gasteiger partial charge < -0.3 is 9.88 Å². The zero-order valence-electron chi connectivity index (χ0n) is 15.2. The highest BCUT2D eigenvalue weighted by Crippen LogP contribution is 2.22. The van der Waals surface area contributed by atoms with Gasteiger partial charge in [-0.3, -0.25) is 4.79 Å². The number of rotatable bonds is 7. The maximum absolute atomic E-state index is 13.1. The topological polar surface area (TPSA) is 46.9 Å². The van der Waals surface area contributed by atoms with Crippen LogP contribution >= 0.6 is 0 Å². The maximum Gasteiger partial charge on any atom is 0.251 e. The molecule has 0 spiro atoms. The lowest BCUT2D eigenvalue weighted by Gasteiger charge is -2.16. The van der Waals surface area contributed by atoms with Gasteiger partial charge in [-0.15, -0.1) is 0 Å². The van der Waals surface area contributed by atoms with Gasteiger partial charge in [-0.1, -0.05) is 31.9 Å². The van der Waals surface area contributed by atoms with Crippen molar-refractivity contribution in [1.29, 1.82) is 0 Å². The number of fused-ring (bicyclic) bond motifs is 1. The minimum Gasteiger partial charge on any atom is -0.342 e.